The molecule has 138 valence electrons. The smallest absolute Gasteiger partial charge is 0.251 e. The standard InChI is InChI=1S/C21H25NO4/c1-15-5-8-18(9-6-15)26-14-17-12-16(7-10-20(17)24-2)21(23)22-13-19-4-3-11-25-19/h5-10,12,19H,3-4,11,13-14H2,1-2H3,(H,22,23). The minimum atomic E-state index is -0.111. The molecular formula is C21H25NO4. The Morgan fingerprint density at radius 3 is 2.73 bits per heavy atom. The summed E-state index contributed by atoms with van der Waals surface area (Å²) < 4.78 is 16.8. The molecule has 5 heteroatoms. The van der Waals surface area contributed by atoms with Crippen molar-refractivity contribution in [2.24, 2.45) is 0 Å². The van der Waals surface area contributed by atoms with E-state index in [4.69, 9.17) is 14.2 Å². The van der Waals surface area contributed by atoms with Gasteiger partial charge in [0.25, 0.3) is 5.91 Å². The molecule has 0 bridgehead atoms. The Hall–Kier alpha value is -2.53. The molecule has 0 saturated carbocycles. The molecule has 26 heavy (non-hydrogen) atoms. The fourth-order valence-electron chi connectivity index (χ4n) is 2.94. The molecule has 1 amide bonds. The van der Waals surface area contributed by atoms with Crippen LogP contribution in [0.5, 0.6) is 11.5 Å². The number of nitrogens with one attached hydrogen (secondary N) is 1. The van der Waals surface area contributed by atoms with E-state index in [9.17, 15) is 4.79 Å². The highest BCUT2D eigenvalue weighted by Gasteiger charge is 2.17. The van der Waals surface area contributed by atoms with Crippen LogP contribution in [0.15, 0.2) is 42.5 Å². The maximum Gasteiger partial charge on any atom is 0.251 e. The second kappa shape index (κ2) is 8.72. The Morgan fingerprint density at radius 1 is 1.23 bits per heavy atom. The molecule has 1 aliphatic rings. The first-order valence-electron chi connectivity index (χ1n) is 8.92. The second-order valence-corrected chi connectivity index (χ2v) is 6.47. The van der Waals surface area contributed by atoms with Crippen LogP contribution in [0.3, 0.4) is 0 Å². The zero-order valence-corrected chi connectivity index (χ0v) is 15.3. The van der Waals surface area contributed by atoms with Crippen LogP contribution in [0.1, 0.15) is 34.3 Å². The number of benzene rings is 2. The molecule has 0 aromatic heterocycles. The summed E-state index contributed by atoms with van der Waals surface area (Å²) >= 11 is 0. The maximum absolute atomic E-state index is 12.4. The van der Waals surface area contributed by atoms with Crippen LogP contribution in [-0.2, 0) is 11.3 Å². The predicted octanol–water partition coefficient (Wildman–Crippen LogP) is 3.49. The van der Waals surface area contributed by atoms with Crippen LogP contribution in [0.2, 0.25) is 0 Å². The lowest BCUT2D eigenvalue weighted by atomic mass is 10.1. The second-order valence-electron chi connectivity index (χ2n) is 6.47. The zero-order valence-electron chi connectivity index (χ0n) is 15.3. The van der Waals surface area contributed by atoms with Gasteiger partial charge in [0.05, 0.1) is 13.2 Å². The molecule has 1 saturated heterocycles. The van der Waals surface area contributed by atoms with Crippen molar-refractivity contribution in [2.75, 3.05) is 20.3 Å². The van der Waals surface area contributed by atoms with Gasteiger partial charge in [0, 0.05) is 24.3 Å². The molecule has 1 N–H and O–H groups in total. The minimum Gasteiger partial charge on any atom is -0.496 e. The highest BCUT2D eigenvalue weighted by atomic mass is 16.5. The van der Waals surface area contributed by atoms with E-state index >= 15 is 0 Å². The molecule has 0 aliphatic carbocycles. The quantitative estimate of drug-likeness (QED) is 0.826. The van der Waals surface area contributed by atoms with Gasteiger partial charge in [-0.1, -0.05) is 17.7 Å². The Kier molecular flexibility index (Phi) is 6.12. The SMILES string of the molecule is COc1ccc(C(=O)NCC2CCCO2)cc1COc1ccc(C)cc1. The van der Waals surface area contributed by atoms with Crippen LogP contribution in [-0.4, -0.2) is 32.3 Å². The van der Waals surface area contributed by atoms with E-state index in [1.165, 1.54) is 5.56 Å². The fourth-order valence-corrected chi connectivity index (χ4v) is 2.94. The third kappa shape index (κ3) is 4.76. The molecule has 1 heterocycles. The molecule has 1 unspecified atom stereocenters. The number of carbonyl (C=O) groups is 1. The van der Waals surface area contributed by atoms with Gasteiger partial charge in [0.15, 0.2) is 0 Å². The van der Waals surface area contributed by atoms with Crippen molar-refractivity contribution in [1.82, 2.24) is 5.32 Å². The molecule has 2 aromatic carbocycles. The van der Waals surface area contributed by atoms with Crippen LogP contribution >= 0.6 is 0 Å². The van der Waals surface area contributed by atoms with E-state index in [1.807, 2.05) is 37.3 Å². The van der Waals surface area contributed by atoms with Crippen molar-refractivity contribution in [3.63, 3.8) is 0 Å². The van der Waals surface area contributed by atoms with Crippen molar-refractivity contribution in [2.45, 2.75) is 32.5 Å². The lowest BCUT2D eigenvalue weighted by Crippen LogP contribution is -2.31. The highest BCUT2D eigenvalue weighted by Crippen LogP contribution is 2.22. The van der Waals surface area contributed by atoms with Crippen LogP contribution in [0.4, 0.5) is 0 Å². The number of methoxy groups -OCH3 is 1. The maximum atomic E-state index is 12.4. The van der Waals surface area contributed by atoms with Crippen LogP contribution < -0.4 is 14.8 Å². The number of carbonyl (C=O) groups excluding carboxylic acids is 1. The van der Waals surface area contributed by atoms with Gasteiger partial charge in [-0.15, -0.1) is 0 Å². The molecule has 2 aromatic rings. The summed E-state index contributed by atoms with van der Waals surface area (Å²) in [5, 5.41) is 2.94. The summed E-state index contributed by atoms with van der Waals surface area (Å²) in [5.41, 5.74) is 2.60. The Balaban J connectivity index is 1.64. The van der Waals surface area contributed by atoms with Crippen LogP contribution in [0.25, 0.3) is 0 Å². The summed E-state index contributed by atoms with van der Waals surface area (Å²) in [4.78, 5) is 12.4. The normalized spacial score (nSPS) is 16.3. The molecule has 0 spiro atoms. The van der Waals surface area contributed by atoms with E-state index < -0.39 is 0 Å². The van der Waals surface area contributed by atoms with Gasteiger partial charge in [-0.3, -0.25) is 4.79 Å². The van der Waals surface area contributed by atoms with Gasteiger partial charge in [0.2, 0.25) is 0 Å². The zero-order chi connectivity index (χ0) is 18.4. The molecule has 1 atom stereocenters. The topological polar surface area (TPSA) is 56.8 Å². The number of ether oxygens (including phenoxy) is 3. The first-order chi connectivity index (χ1) is 12.7. The van der Waals surface area contributed by atoms with Crippen LogP contribution in [0, 0.1) is 6.92 Å². The summed E-state index contributed by atoms with van der Waals surface area (Å²) in [7, 11) is 1.61. The lowest BCUT2D eigenvalue weighted by molar-refractivity contribution is 0.0857. The third-order valence-electron chi connectivity index (χ3n) is 4.47. The van der Waals surface area contributed by atoms with Gasteiger partial charge < -0.3 is 19.5 Å². The molecule has 5 nitrogen and oxygen atoms in total. The molecular weight excluding hydrogens is 330 g/mol. The number of hydrogen-bond acceptors (Lipinski definition) is 4. The third-order valence-corrected chi connectivity index (χ3v) is 4.47. The Bertz CT molecular complexity index is 736. The summed E-state index contributed by atoms with van der Waals surface area (Å²) in [6.07, 6.45) is 2.18. The number of amides is 1. The van der Waals surface area contributed by atoms with Gasteiger partial charge in [0.1, 0.15) is 18.1 Å². The van der Waals surface area contributed by atoms with E-state index in [0.29, 0.717) is 24.5 Å². The largest absolute Gasteiger partial charge is 0.496 e. The lowest BCUT2D eigenvalue weighted by Gasteiger charge is -2.14. The molecule has 1 aliphatic heterocycles. The summed E-state index contributed by atoms with van der Waals surface area (Å²) in [5.74, 6) is 1.37. The number of aryl methyl sites for hydroxylation is 1. The fraction of sp³-hybridized carbons (Fsp3) is 0.381. The van der Waals surface area contributed by atoms with E-state index in [2.05, 4.69) is 5.32 Å². The Morgan fingerprint density at radius 2 is 2.04 bits per heavy atom. The highest BCUT2D eigenvalue weighted by molar-refractivity contribution is 5.94. The first kappa shape index (κ1) is 18.3. The first-order valence-corrected chi connectivity index (χ1v) is 8.92. The number of rotatable bonds is 7. The number of hydrogen-bond donors (Lipinski definition) is 1. The van der Waals surface area contributed by atoms with E-state index in [0.717, 1.165) is 30.8 Å². The van der Waals surface area contributed by atoms with Gasteiger partial charge in [-0.05, 0) is 50.1 Å². The minimum absolute atomic E-state index is 0.111. The summed E-state index contributed by atoms with van der Waals surface area (Å²) in [6, 6.07) is 13.2. The van der Waals surface area contributed by atoms with Gasteiger partial charge in [-0.25, -0.2) is 0 Å². The van der Waals surface area contributed by atoms with E-state index in [-0.39, 0.29) is 12.0 Å². The monoisotopic (exact) mass is 355 g/mol. The van der Waals surface area contributed by atoms with Crippen molar-refractivity contribution in [3.8, 4) is 11.5 Å². The van der Waals surface area contributed by atoms with Crippen molar-refractivity contribution in [1.29, 1.82) is 0 Å². The van der Waals surface area contributed by atoms with E-state index in [1.54, 1.807) is 19.2 Å². The van der Waals surface area contributed by atoms with Gasteiger partial charge >= 0.3 is 0 Å². The van der Waals surface area contributed by atoms with Crippen molar-refractivity contribution in [3.05, 3.63) is 59.2 Å². The summed E-state index contributed by atoms with van der Waals surface area (Å²) in [6.45, 7) is 3.69. The molecule has 0 radical (unpaired) electrons. The molecule has 3 rings (SSSR count). The predicted molar refractivity (Wildman–Crippen MR) is 99.8 cm³/mol. The average Bonchev–Trinajstić information content (AvgIpc) is 3.19. The van der Waals surface area contributed by atoms with Crippen molar-refractivity contribution >= 4 is 5.91 Å². The van der Waals surface area contributed by atoms with Crippen molar-refractivity contribution < 1.29 is 19.0 Å². The molecule has 1 fully saturated rings. The van der Waals surface area contributed by atoms with Gasteiger partial charge in [-0.2, -0.15) is 0 Å². The Labute approximate surface area is 154 Å². The average molecular weight is 355 g/mol.